The first kappa shape index (κ1) is 38.3. The van der Waals surface area contributed by atoms with Crippen LogP contribution >= 0.6 is 0 Å². The van der Waals surface area contributed by atoms with Crippen LogP contribution in [0, 0.1) is 11.8 Å². The number of unbranched alkanes of at least 4 members (excludes halogenated alkanes) is 3. The van der Waals surface area contributed by atoms with E-state index in [2.05, 4.69) is 94.7 Å². The zero-order valence-electron chi connectivity index (χ0n) is 29.3. The van der Waals surface area contributed by atoms with Gasteiger partial charge in [-0.25, -0.2) is 0 Å². The molecule has 1 rings (SSSR count). The molecule has 1 saturated carbocycles. The van der Waals surface area contributed by atoms with Crippen LogP contribution in [0.25, 0.3) is 0 Å². The molecule has 1 aliphatic carbocycles. The van der Waals surface area contributed by atoms with Crippen molar-refractivity contribution in [2.45, 2.75) is 180 Å². The lowest BCUT2D eigenvalue weighted by molar-refractivity contribution is -0.151. The summed E-state index contributed by atoms with van der Waals surface area (Å²) in [6, 6.07) is 0. The maximum atomic E-state index is 12.9. The van der Waals surface area contributed by atoms with Gasteiger partial charge in [0, 0.05) is 18.8 Å². The van der Waals surface area contributed by atoms with Crippen molar-refractivity contribution in [3.05, 3.63) is 25.3 Å². The zero-order chi connectivity index (χ0) is 31.7. The van der Waals surface area contributed by atoms with Gasteiger partial charge in [-0.3, -0.25) is 4.79 Å². The van der Waals surface area contributed by atoms with Gasteiger partial charge >= 0.3 is 5.97 Å². The van der Waals surface area contributed by atoms with Crippen molar-refractivity contribution in [1.82, 2.24) is 0 Å². The number of carbonyl (C=O) groups excluding carboxylic acids is 1. The summed E-state index contributed by atoms with van der Waals surface area (Å²) in [7, 11) is -3.98. The Morgan fingerprint density at radius 3 is 1.95 bits per heavy atom. The molecule has 240 valence electrons. The topological polar surface area (TPSA) is 44.8 Å². The predicted octanol–water partition coefficient (Wildman–Crippen LogP) is 11.0. The molecular weight excluding hydrogens is 541 g/mol. The number of allylic oxidation sites excluding steroid dienone is 2. The van der Waals surface area contributed by atoms with E-state index >= 15 is 0 Å². The van der Waals surface area contributed by atoms with Crippen LogP contribution in [0.2, 0.25) is 36.3 Å². The maximum absolute atomic E-state index is 12.9. The summed E-state index contributed by atoms with van der Waals surface area (Å²) in [6.07, 6.45) is 14.2. The fourth-order valence-electron chi connectivity index (χ4n) is 5.71. The molecule has 2 unspecified atom stereocenters. The van der Waals surface area contributed by atoms with Gasteiger partial charge in [-0.1, -0.05) is 79.9 Å². The van der Waals surface area contributed by atoms with Crippen LogP contribution in [0.4, 0.5) is 0 Å². The molecule has 0 heterocycles. The Kier molecular flexibility index (Phi) is 14.8. The minimum Gasteiger partial charge on any atom is -0.462 e. The van der Waals surface area contributed by atoms with Crippen molar-refractivity contribution in [3.63, 3.8) is 0 Å². The van der Waals surface area contributed by atoms with Crippen molar-refractivity contribution >= 4 is 22.6 Å². The van der Waals surface area contributed by atoms with Crippen molar-refractivity contribution in [2.75, 3.05) is 0 Å². The predicted molar refractivity (Wildman–Crippen MR) is 182 cm³/mol. The molecule has 0 bridgehead atoms. The second-order valence-corrected chi connectivity index (χ2v) is 25.5. The molecule has 0 aromatic carbocycles. The molecule has 0 N–H and O–H groups in total. The molecule has 5 atom stereocenters. The van der Waals surface area contributed by atoms with Crippen LogP contribution in [-0.2, 0) is 18.4 Å². The number of esters is 1. The molecule has 1 fully saturated rings. The number of hydrogen-bond donors (Lipinski definition) is 0. The Morgan fingerprint density at radius 2 is 1.44 bits per heavy atom. The zero-order valence-corrected chi connectivity index (χ0v) is 31.3. The lowest BCUT2D eigenvalue weighted by Crippen LogP contribution is -2.49. The molecule has 1 aliphatic rings. The summed E-state index contributed by atoms with van der Waals surface area (Å²) in [5.41, 5.74) is -0.169. The van der Waals surface area contributed by atoms with E-state index in [-0.39, 0.29) is 39.8 Å². The molecule has 0 radical (unpaired) electrons. The highest BCUT2D eigenvalue weighted by atomic mass is 28.4. The number of hydrogen-bond acceptors (Lipinski definition) is 4. The van der Waals surface area contributed by atoms with E-state index in [0.29, 0.717) is 12.3 Å². The Labute approximate surface area is 257 Å². The lowest BCUT2D eigenvalue weighted by atomic mass is 9.82. The van der Waals surface area contributed by atoms with Crippen molar-refractivity contribution in [1.29, 1.82) is 0 Å². The molecule has 0 saturated heterocycles. The fourth-order valence-corrected chi connectivity index (χ4v) is 8.83. The summed E-state index contributed by atoms with van der Waals surface area (Å²) < 4.78 is 20.6. The monoisotopic (exact) mass is 608 g/mol. The van der Waals surface area contributed by atoms with Crippen molar-refractivity contribution in [2.24, 2.45) is 11.8 Å². The van der Waals surface area contributed by atoms with Gasteiger partial charge in [0.15, 0.2) is 16.6 Å². The fraction of sp³-hybridized carbons (Fsp3) is 0.857. The summed E-state index contributed by atoms with van der Waals surface area (Å²) in [6.45, 7) is 35.9. The van der Waals surface area contributed by atoms with Crippen molar-refractivity contribution < 1.29 is 18.4 Å². The van der Waals surface area contributed by atoms with Crippen LogP contribution in [0.3, 0.4) is 0 Å². The molecule has 0 aromatic rings. The van der Waals surface area contributed by atoms with E-state index in [1.165, 1.54) is 19.3 Å². The largest absolute Gasteiger partial charge is 0.462 e. The van der Waals surface area contributed by atoms with Crippen LogP contribution < -0.4 is 0 Å². The van der Waals surface area contributed by atoms with E-state index in [9.17, 15) is 4.79 Å². The first-order valence-corrected chi connectivity index (χ1v) is 22.3. The standard InChI is InChI=1S/C35H68O4Si2/c1-15-18-20-23-32(36)37-30-27-31(38-40(11,12)33(4,5)6)29(28(30)22-17-3)24-26-35(10,25-21-19-16-2)39-41(13,14)34(7,8)9/h15,17,28-31H,1,3,16,18-27H2,2,4-14H3/t28-,29-,30+,31?,35?/m1/s1. The van der Waals surface area contributed by atoms with Crippen molar-refractivity contribution in [3.8, 4) is 0 Å². The first-order valence-electron chi connectivity index (χ1n) is 16.5. The van der Waals surface area contributed by atoms with Gasteiger partial charge in [0.2, 0.25) is 0 Å². The van der Waals surface area contributed by atoms with Gasteiger partial charge in [0.05, 0.1) is 11.7 Å². The normalized spacial score (nSPS) is 23.7. The number of carbonyl (C=O) groups is 1. The summed E-state index contributed by atoms with van der Waals surface area (Å²) >= 11 is 0. The first-order chi connectivity index (χ1) is 18.7. The van der Waals surface area contributed by atoms with Gasteiger partial charge in [0.25, 0.3) is 0 Å². The second kappa shape index (κ2) is 15.9. The molecular formula is C35H68O4Si2. The molecule has 4 nitrogen and oxygen atoms in total. The quantitative estimate of drug-likeness (QED) is 0.0672. The summed E-state index contributed by atoms with van der Waals surface area (Å²) in [4.78, 5) is 12.9. The van der Waals surface area contributed by atoms with Crippen LogP contribution in [0.5, 0.6) is 0 Å². The average molecular weight is 609 g/mol. The third kappa shape index (κ3) is 11.7. The lowest BCUT2D eigenvalue weighted by Gasteiger charge is -2.45. The third-order valence-corrected chi connectivity index (χ3v) is 19.5. The van der Waals surface area contributed by atoms with Gasteiger partial charge in [-0.15, -0.1) is 13.2 Å². The van der Waals surface area contributed by atoms with E-state index in [1.54, 1.807) is 0 Å². The van der Waals surface area contributed by atoms with Gasteiger partial charge < -0.3 is 13.6 Å². The average Bonchev–Trinajstić information content (AvgIpc) is 3.11. The van der Waals surface area contributed by atoms with Crippen LogP contribution in [-0.4, -0.2) is 40.4 Å². The highest BCUT2D eigenvalue weighted by Gasteiger charge is 2.50. The molecule has 0 amide bonds. The Hall–Kier alpha value is -0.696. The third-order valence-electron chi connectivity index (χ3n) is 10.4. The summed E-state index contributed by atoms with van der Waals surface area (Å²) in [5.74, 6) is 0.434. The van der Waals surface area contributed by atoms with E-state index in [1.807, 2.05) is 12.2 Å². The minimum atomic E-state index is -2.03. The van der Waals surface area contributed by atoms with Gasteiger partial charge in [0.1, 0.15) is 6.10 Å². The Morgan fingerprint density at radius 1 is 0.829 bits per heavy atom. The Bertz CT molecular complexity index is 823. The molecule has 41 heavy (non-hydrogen) atoms. The highest BCUT2D eigenvalue weighted by molar-refractivity contribution is 6.74. The van der Waals surface area contributed by atoms with E-state index < -0.39 is 16.6 Å². The van der Waals surface area contributed by atoms with Gasteiger partial charge in [-0.2, -0.15) is 0 Å². The molecule has 6 heteroatoms. The Balaban J connectivity index is 3.34. The SMILES string of the molecule is C=CCCCC(=O)O[C@H]1CC(O[Si](C)(C)C(C)(C)C)[C@H](CCC(C)(CCCCC)O[Si](C)(C)C(C)(C)C)[C@H]1CC=C. The number of rotatable bonds is 18. The second-order valence-electron chi connectivity index (χ2n) is 16.0. The summed E-state index contributed by atoms with van der Waals surface area (Å²) in [5, 5.41) is 0.279. The molecule has 0 aromatic heterocycles. The maximum Gasteiger partial charge on any atom is 0.306 e. The number of ether oxygens (including phenoxy) is 1. The minimum absolute atomic E-state index is 0.0829. The molecule has 0 aliphatic heterocycles. The smallest absolute Gasteiger partial charge is 0.306 e. The van der Waals surface area contributed by atoms with E-state index in [0.717, 1.165) is 44.9 Å². The highest BCUT2D eigenvalue weighted by Crippen LogP contribution is 2.48. The van der Waals surface area contributed by atoms with Gasteiger partial charge in [-0.05, 0) is 87.6 Å². The van der Waals surface area contributed by atoms with Crippen LogP contribution in [0.15, 0.2) is 25.3 Å². The molecule has 0 spiro atoms. The van der Waals surface area contributed by atoms with Crippen LogP contribution in [0.1, 0.15) is 126 Å². The van der Waals surface area contributed by atoms with E-state index in [4.69, 9.17) is 13.6 Å².